The van der Waals surface area contributed by atoms with E-state index in [4.69, 9.17) is 5.11 Å². The van der Waals surface area contributed by atoms with Crippen LogP contribution in [0.3, 0.4) is 0 Å². The number of hydrogen-bond donors (Lipinski definition) is 1. The molecule has 16 heavy (non-hydrogen) atoms. The summed E-state index contributed by atoms with van der Waals surface area (Å²) in [6.45, 7) is 3.06. The van der Waals surface area contributed by atoms with Crippen molar-refractivity contribution in [3.8, 4) is 0 Å². The van der Waals surface area contributed by atoms with Crippen molar-refractivity contribution in [2.75, 3.05) is 11.5 Å². The van der Waals surface area contributed by atoms with Crippen LogP contribution in [0.5, 0.6) is 0 Å². The van der Waals surface area contributed by atoms with Crippen molar-refractivity contribution in [2.24, 2.45) is 11.8 Å². The second-order valence-electron chi connectivity index (χ2n) is 3.90. The van der Waals surface area contributed by atoms with Gasteiger partial charge in [-0.1, -0.05) is 13.8 Å². The van der Waals surface area contributed by atoms with E-state index < -0.39 is 39.4 Å². The number of halogens is 3. The molecular formula is C8H13F3O4S. The first-order valence-corrected chi connectivity index (χ1v) is 6.28. The van der Waals surface area contributed by atoms with E-state index in [1.807, 2.05) is 0 Å². The van der Waals surface area contributed by atoms with E-state index in [9.17, 15) is 26.4 Å². The molecule has 0 saturated carbocycles. The summed E-state index contributed by atoms with van der Waals surface area (Å²) < 4.78 is 59.1. The van der Waals surface area contributed by atoms with E-state index in [0.717, 1.165) is 0 Å². The van der Waals surface area contributed by atoms with Gasteiger partial charge >= 0.3 is 12.1 Å². The highest BCUT2D eigenvalue weighted by atomic mass is 32.2. The molecule has 1 atom stereocenters. The van der Waals surface area contributed by atoms with Crippen LogP contribution in [0.15, 0.2) is 0 Å². The van der Waals surface area contributed by atoms with Crippen LogP contribution in [-0.2, 0) is 14.6 Å². The van der Waals surface area contributed by atoms with Gasteiger partial charge in [-0.05, 0) is 5.92 Å². The minimum atomic E-state index is -5.05. The van der Waals surface area contributed by atoms with Gasteiger partial charge in [-0.25, -0.2) is 8.42 Å². The fraction of sp³-hybridized carbons (Fsp3) is 0.875. The smallest absolute Gasteiger partial charge is 0.403 e. The molecule has 0 aromatic carbocycles. The number of carboxylic acids is 1. The molecule has 0 aromatic rings. The Morgan fingerprint density at radius 3 is 1.94 bits per heavy atom. The third kappa shape index (κ3) is 5.34. The van der Waals surface area contributed by atoms with Crippen LogP contribution < -0.4 is 0 Å². The fourth-order valence-electron chi connectivity index (χ4n) is 1.14. The normalized spacial score (nSPS) is 15.1. The molecule has 1 N–H and O–H groups in total. The van der Waals surface area contributed by atoms with Crippen LogP contribution in [-0.4, -0.2) is 37.2 Å². The summed E-state index contributed by atoms with van der Waals surface area (Å²) in [5, 5.41) is 8.32. The van der Waals surface area contributed by atoms with Crippen molar-refractivity contribution >= 4 is 15.8 Å². The third-order valence-electron chi connectivity index (χ3n) is 1.70. The van der Waals surface area contributed by atoms with E-state index in [1.165, 1.54) is 13.8 Å². The lowest BCUT2D eigenvalue weighted by Crippen LogP contribution is -2.37. The van der Waals surface area contributed by atoms with Gasteiger partial charge in [-0.3, -0.25) is 4.79 Å². The second kappa shape index (κ2) is 5.03. The lowest BCUT2D eigenvalue weighted by molar-refractivity contribution is -0.189. The number of carboxylic acid groups (broad SMARTS) is 1. The van der Waals surface area contributed by atoms with Gasteiger partial charge in [0, 0.05) is 0 Å². The highest BCUT2D eigenvalue weighted by Crippen LogP contribution is 2.28. The van der Waals surface area contributed by atoms with Crippen molar-refractivity contribution in [3.05, 3.63) is 0 Å². The summed E-state index contributed by atoms with van der Waals surface area (Å²) in [6.07, 6.45) is -5.05. The van der Waals surface area contributed by atoms with Gasteiger partial charge in [-0.2, -0.15) is 13.2 Å². The first-order chi connectivity index (χ1) is 6.96. The van der Waals surface area contributed by atoms with Crippen LogP contribution in [0.4, 0.5) is 13.2 Å². The van der Waals surface area contributed by atoms with E-state index in [-0.39, 0.29) is 5.92 Å². The molecule has 0 aliphatic heterocycles. The first kappa shape index (κ1) is 15.2. The van der Waals surface area contributed by atoms with E-state index in [0.29, 0.717) is 0 Å². The average molecular weight is 262 g/mol. The molecule has 0 aliphatic rings. The van der Waals surface area contributed by atoms with Gasteiger partial charge in [-0.15, -0.1) is 0 Å². The Kier molecular flexibility index (Phi) is 4.78. The summed E-state index contributed by atoms with van der Waals surface area (Å²) in [5.41, 5.74) is 0. The van der Waals surface area contributed by atoms with E-state index >= 15 is 0 Å². The van der Waals surface area contributed by atoms with Gasteiger partial charge in [0.05, 0.1) is 11.5 Å². The van der Waals surface area contributed by atoms with Crippen molar-refractivity contribution in [1.82, 2.24) is 0 Å². The molecule has 4 nitrogen and oxygen atoms in total. The molecular weight excluding hydrogens is 249 g/mol. The number of carbonyl (C=O) groups is 1. The standard InChI is InChI=1S/C8H13F3O4S/c1-5(2)3-16(14,15)4-6(7(12)13)8(9,10)11/h5-6H,3-4H2,1-2H3,(H,12,13). The lowest BCUT2D eigenvalue weighted by atomic mass is 10.2. The minimum Gasteiger partial charge on any atom is -0.481 e. The SMILES string of the molecule is CC(C)CS(=O)(=O)CC(C(=O)O)C(F)(F)F. The Balaban J connectivity index is 4.85. The first-order valence-electron chi connectivity index (χ1n) is 4.45. The van der Waals surface area contributed by atoms with Crippen molar-refractivity contribution < 1.29 is 31.5 Å². The Hall–Kier alpha value is -0.790. The van der Waals surface area contributed by atoms with Gasteiger partial charge in [0.15, 0.2) is 15.8 Å². The van der Waals surface area contributed by atoms with E-state index in [2.05, 4.69) is 0 Å². The number of aliphatic carboxylic acids is 1. The predicted molar refractivity (Wildman–Crippen MR) is 50.7 cm³/mol. The summed E-state index contributed by atoms with van der Waals surface area (Å²) in [6, 6.07) is 0. The zero-order chi connectivity index (χ0) is 13.1. The topological polar surface area (TPSA) is 71.4 Å². The van der Waals surface area contributed by atoms with Crippen molar-refractivity contribution in [3.63, 3.8) is 0 Å². The van der Waals surface area contributed by atoms with Crippen LogP contribution >= 0.6 is 0 Å². The Bertz CT molecular complexity index is 345. The van der Waals surface area contributed by atoms with Gasteiger partial charge < -0.3 is 5.11 Å². The molecule has 0 radical (unpaired) electrons. The third-order valence-corrected chi connectivity index (χ3v) is 3.72. The molecule has 0 fully saturated rings. The minimum absolute atomic E-state index is 0.340. The summed E-state index contributed by atoms with van der Waals surface area (Å²) in [4.78, 5) is 10.3. The highest BCUT2D eigenvalue weighted by Gasteiger charge is 2.47. The monoisotopic (exact) mass is 262 g/mol. The molecule has 0 rings (SSSR count). The van der Waals surface area contributed by atoms with Gasteiger partial charge in [0.1, 0.15) is 0 Å². The van der Waals surface area contributed by atoms with Gasteiger partial charge in [0.25, 0.3) is 0 Å². The number of sulfone groups is 1. The molecule has 1 unspecified atom stereocenters. The van der Waals surface area contributed by atoms with E-state index in [1.54, 1.807) is 0 Å². The van der Waals surface area contributed by atoms with Gasteiger partial charge in [0.2, 0.25) is 0 Å². The van der Waals surface area contributed by atoms with Crippen LogP contribution in [0, 0.1) is 11.8 Å². The molecule has 96 valence electrons. The summed E-state index contributed by atoms with van der Waals surface area (Å²) in [5.74, 6) is -7.21. The average Bonchev–Trinajstić information content (AvgIpc) is 1.94. The molecule has 0 heterocycles. The largest absolute Gasteiger partial charge is 0.481 e. The Morgan fingerprint density at radius 2 is 1.69 bits per heavy atom. The highest BCUT2D eigenvalue weighted by molar-refractivity contribution is 7.91. The Labute approximate surface area is 91.4 Å². The van der Waals surface area contributed by atoms with Crippen molar-refractivity contribution in [1.29, 1.82) is 0 Å². The number of alkyl halides is 3. The van der Waals surface area contributed by atoms with Crippen LogP contribution in [0.1, 0.15) is 13.8 Å². The zero-order valence-electron chi connectivity index (χ0n) is 8.78. The van der Waals surface area contributed by atoms with Crippen molar-refractivity contribution in [2.45, 2.75) is 20.0 Å². The molecule has 0 aromatic heterocycles. The number of hydrogen-bond acceptors (Lipinski definition) is 3. The quantitative estimate of drug-likeness (QED) is 0.811. The summed E-state index contributed by atoms with van der Waals surface area (Å²) >= 11 is 0. The molecule has 0 amide bonds. The fourth-order valence-corrected chi connectivity index (χ4v) is 3.13. The van der Waals surface area contributed by atoms with Crippen LogP contribution in [0.2, 0.25) is 0 Å². The molecule has 0 aliphatic carbocycles. The molecule has 0 spiro atoms. The zero-order valence-corrected chi connectivity index (χ0v) is 9.60. The number of rotatable bonds is 5. The van der Waals surface area contributed by atoms with Crippen LogP contribution in [0.25, 0.3) is 0 Å². The molecule has 8 heteroatoms. The Morgan fingerprint density at radius 1 is 1.25 bits per heavy atom. The lowest BCUT2D eigenvalue weighted by Gasteiger charge is -2.16. The molecule has 0 bridgehead atoms. The maximum atomic E-state index is 12.2. The summed E-state index contributed by atoms with van der Waals surface area (Å²) in [7, 11) is -4.01. The predicted octanol–water partition coefficient (Wildman–Crippen LogP) is 1.32. The second-order valence-corrected chi connectivity index (χ2v) is 6.06. The maximum Gasteiger partial charge on any atom is 0.403 e. The maximum absolute atomic E-state index is 12.2. The molecule has 0 saturated heterocycles.